The molecule has 0 aliphatic rings. The molecule has 0 bridgehead atoms. The Morgan fingerprint density at radius 3 is 1.92 bits per heavy atom. The number of carbonyl (C=O) groups excluding carboxylic acids is 2. The van der Waals surface area contributed by atoms with Crippen molar-refractivity contribution in [3.63, 3.8) is 0 Å². The van der Waals surface area contributed by atoms with Gasteiger partial charge in [-0.1, -0.05) is 58.9 Å². The monoisotopic (exact) mass is 511 g/mol. The van der Waals surface area contributed by atoms with E-state index in [9.17, 15) is 14.7 Å². The van der Waals surface area contributed by atoms with Crippen molar-refractivity contribution in [1.82, 2.24) is 5.32 Å². The summed E-state index contributed by atoms with van der Waals surface area (Å²) in [5, 5.41) is 13.1. The highest BCUT2D eigenvalue weighted by Gasteiger charge is 2.34. The zero-order valence-electron chi connectivity index (χ0n) is 24.2. The lowest BCUT2D eigenvalue weighted by atomic mass is 9.70. The van der Waals surface area contributed by atoms with Crippen molar-refractivity contribution in [1.29, 1.82) is 0 Å². The smallest absolute Gasteiger partial charge is 0.330 e. The molecular weight excluding hydrogens is 466 g/mol. The molecule has 0 saturated heterocycles. The van der Waals surface area contributed by atoms with E-state index >= 15 is 0 Å². The number of aliphatic hydroxyl groups excluding tert-OH is 1. The maximum absolute atomic E-state index is 13.0. The van der Waals surface area contributed by atoms with Gasteiger partial charge in [-0.15, -0.1) is 0 Å². The average molecular weight is 512 g/mol. The summed E-state index contributed by atoms with van der Waals surface area (Å²) < 4.78 is 10.8. The fraction of sp³-hybridized carbons (Fsp3) is 0.548. The number of aryl methyl sites for hydroxylation is 2. The first kappa shape index (κ1) is 30.4. The molecule has 37 heavy (non-hydrogen) atoms. The van der Waals surface area contributed by atoms with Gasteiger partial charge in [-0.25, -0.2) is 4.79 Å². The normalized spacial score (nSPS) is 13.2. The molecule has 2 rings (SSSR count). The van der Waals surface area contributed by atoms with Crippen molar-refractivity contribution in [2.24, 2.45) is 5.41 Å². The SMILES string of the molecule is CCC(CC)(c1ccc(OCC(O)C(C)(C)C)c(C)c1)c1ccc(C(=O)NC(C)(C)C(=O)OC)c(C)c1. The predicted octanol–water partition coefficient (Wildman–Crippen LogP) is 5.88. The fourth-order valence-electron chi connectivity index (χ4n) is 4.63. The van der Waals surface area contributed by atoms with Gasteiger partial charge in [0.2, 0.25) is 0 Å². The zero-order valence-corrected chi connectivity index (χ0v) is 24.2. The van der Waals surface area contributed by atoms with Gasteiger partial charge >= 0.3 is 5.97 Å². The van der Waals surface area contributed by atoms with E-state index in [-0.39, 0.29) is 23.3 Å². The molecule has 204 valence electrons. The van der Waals surface area contributed by atoms with Crippen LogP contribution in [0.4, 0.5) is 0 Å². The third kappa shape index (κ3) is 6.72. The largest absolute Gasteiger partial charge is 0.491 e. The summed E-state index contributed by atoms with van der Waals surface area (Å²) in [6.45, 7) is 17.8. The van der Waals surface area contributed by atoms with Crippen LogP contribution in [0.5, 0.6) is 5.75 Å². The molecule has 0 aromatic heterocycles. The minimum absolute atomic E-state index is 0.237. The molecule has 0 spiro atoms. The Hall–Kier alpha value is -2.86. The van der Waals surface area contributed by atoms with Gasteiger partial charge in [0, 0.05) is 11.0 Å². The van der Waals surface area contributed by atoms with E-state index in [1.807, 2.05) is 52.8 Å². The van der Waals surface area contributed by atoms with Crippen LogP contribution in [0.3, 0.4) is 0 Å². The van der Waals surface area contributed by atoms with Crippen molar-refractivity contribution in [2.45, 2.75) is 92.2 Å². The maximum atomic E-state index is 13.0. The number of hydrogen-bond donors (Lipinski definition) is 2. The Morgan fingerprint density at radius 1 is 0.919 bits per heavy atom. The van der Waals surface area contributed by atoms with Gasteiger partial charge in [0.1, 0.15) is 17.9 Å². The van der Waals surface area contributed by atoms with Crippen LogP contribution in [0, 0.1) is 19.3 Å². The number of rotatable bonds is 10. The first-order chi connectivity index (χ1) is 17.1. The number of amides is 1. The summed E-state index contributed by atoms with van der Waals surface area (Å²) in [6.07, 6.45) is 1.20. The molecule has 6 heteroatoms. The lowest BCUT2D eigenvalue weighted by molar-refractivity contribution is -0.146. The molecule has 0 saturated carbocycles. The second-order valence-electron chi connectivity index (χ2n) is 11.6. The van der Waals surface area contributed by atoms with Crippen molar-refractivity contribution in [3.05, 3.63) is 64.2 Å². The lowest BCUT2D eigenvalue weighted by Gasteiger charge is -2.34. The fourth-order valence-corrected chi connectivity index (χ4v) is 4.63. The number of carbonyl (C=O) groups is 2. The molecule has 2 aromatic rings. The molecule has 1 unspecified atom stereocenters. The topological polar surface area (TPSA) is 84.9 Å². The third-order valence-electron chi connectivity index (χ3n) is 7.48. The van der Waals surface area contributed by atoms with E-state index in [0.29, 0.717) is 5.56 Å². The van der Waals surface area contributed by atoms with Crippen LogP contribution in [0.15, 0.2) is 36.4 Å². The Balaban J connectivity index is 2.37. The first-order valence-electron chi connectivity index (χ1n) is 13.1. The van der Waals surface area contributed by atoms with Gasteiger partial charge < -0.3 is 19.9 Å². The van der Waals surface area contributed by atoms with Gasteiger partial charge in [0.05, 0.1) is 13.2 Å². The highest BCUT2D eigenvalue weighted by Crippen LogP contribution is 2.41. The van der Waals surface area contributed by atoms with Crippen LogP contribution in [0.2, 0.25) is 0 Å². The second kappa shape index (κ2) is 11.7. The van der Waals surface area contributed by atoms with Gasteiger partial charge in [-0.3, -0.25) is 4.79 Å². The van der Waals surface area contributed by atoms with E-state index in [2.05, 4.69) is 37.4 Å². The molecule has 0 heterocycles. The van der Waals surface area contributed by atoms with Crippen LogP contribution in [-0.4, -0.2) is 42.3 Å². The Bertz CT molecular complexity index is 1110. The zero-order chi connectivity index (χ0) is 28.2. The standard InChI is InChI=1S/C31H45NO5/c1-11-31(12-2,23-14-16-25(21(4)18-23)37-19-26(33)29(5,6)7)22-13-15-24(20(3)17-22)27(34)32-30(8,9)28(35)36-10/h13-18,26,33H,11-12,19H2,1-10H3,(H,32,34). The first-order valence-corrected chi connectivity index (χ1v) is 13.1. The number of ether oxygens (including phenoxy) is 2. The Kier molecular flexibility index (Phi) is 9.58. The van der Waals surface area contributed by atoms with E-state index in [1.165, 1.54) is 12.7 Å². The summed E-state index contributed by atoms with van der Waals surface area (Å²) in [5.41, 5.74) is 3.09. The second-order valence-corrected chi connectivity index (χ2v) is 11.6. The van der Waals surface area contributed by atoms with Crippen molar-refractivity contribution in [2.75, 3.05) is 13.7 Å². The number of esters is 1. The lowest BCUT2D eigenvalue weighted by Crippen LogP contribution is -2.50. The van der Waals surface area contributed by atoms with Gasteiger partial charge in [0.25, 0.3) is 5.91 Å². The summed E-state index contributed by atoms with van der Waals surface area (Å²) >= 11 is 0. The molecule has 2 aromatic carbocycles. The Labute approximate surface area is 222 Å². The van der Waals surface area contributed by atoms with Crippen molar-refractivity contribution < 1.29 is 24.2 Å². The van der Waals surface area contributed by atoms with Crippen molar-refractivity contribution >= 4 is 11.9 Å². The molecule has 6 nitrogen and oxygen atoms in total. The van der Waals surface area contributed by atoms with Gasteiger partial charge in [-0.05, 0) is 80.3 Å². The average Bonchev–Trinajstić information content (AvgIpc) is 2.82. The van der Waals surface area contributed by atoms with Gasteiger partial charge in [0.15, 0.2) is 0 Å². The maximum Gasteiger partial charge on any atom is 0.330 e. The predicted molar refractivity (Wildman–Crippen MR) is 148 cm³/mol. The minimum Gasteiger partial charge on any atom is -0.491 e. The molecule has 1 atom stereocenters. The molecule has 0 aliphatic carbocycles. The highest BCUT2D eigenvalue weighted by molar-refractivity contribution is 5.99. The quantitative estimate of drug-likeness (QED) is 0.389. The summed E-state index contributed by atoms with van der Waals surface area (Å²) in [5.74, 6) is -0.0424. The van der Waals surface area contributed by atoms with Crippen LogP contribution in [0.1, 0.15) is 93.9 Å². The number of benzene rings is 2. The molecule has 1 amide bonds. The van der Waals surface area contributed by atoms with E-state index in [0.717, 1.165) is 35.3 Å². The van der Waals surface area contributed by atoms with Gasteiger partial charge in [-0.2, -0.15) is 0 Å². The summed E-state index contributed by atoms with van der Waals surface area (Å²) in [6, 6.07) is 12.2. The molecule has 0 fully saturated rings. The third-order valence-corrected chi connectivity index (χ3v) is 7.48. The Morgan fingerprint density at radius 2 is 1.46 bits per heavy atom. The molecular formula is C31H45NO5. The highest BCUT2D eigenvalue weighted by atomic mass is 16.5. The number of methoxy groups -OCH3 is 1. The van der Waals surface area contributed by atoms with E-state index < -0.39 is 17.6 Å². The van der Waals surface area contributed by atoms with Crippen LogP contribution in [0.25, 0.3) is 0 Å². The molecule has 0 aliphatic heterocycles. The van der Waals surface area contributed by atoms with Crippen LogP contribution >= 0.6 is 0 Å². The molecule has 0 radical (unpaired) electrons. The minimum atomic E-state index is -1.13. The summed E-state index contributed by atoms with van der Waals surface area (Å²) in [4.78, 5) is 25.0. The summed E-state index contributed by atoms with van der Waals surface area (Å²) in [7, 11) is 1.31. The van der Waals surface area contributed by atoms with Crippen LogP contribution in [-0.2, 0) is 14.9 Å². The van der Waals surface area contributed by atoms with E-state index in [1.54, 1.807) is 13.8 Å². The number of nitrogens with one attached hydrogen (secondary N) is 1. The number of aliphatic hydroxyl groups is 1. The number of hydrogen-bond acceptors (Lipinski definition) is 5. The van der Waals surface area contributed by atoms with E-state index in [4.69, 9.17) is 9.47 Å². The molecule has 2 N–H and O–H groups in total. The van der Waals surface area contributed by atoms with Crippen molar-refractivity contribution in [3.8, 4) is 5.75 Å². The van der Waals surface area contributed by atoms with Crippen LogP contribution < -0.4 is 10.1 Å².